The Hall–Kier alpha value is -3.55. The molecule has 0 radical (unpaired) electrons. The molecule has 0 unspecified atom stereocenters. The van der Waals surface area contributed by atoms with E-state index in [1.807, 2.05) is 11.0 Å². The van der Waals surface area contributed by atoms with Crippen molar-refractivity contribution in [2.75, 3.05) is 0 Å². The van der Waals surface area contributed by atoms with Gasteiger partial charge in [0.1, 0.15) is 22.9 Å². The van der Waals surface area contributed by atoms with Crippen LogP contribution in [0.3, 0.4) is 0 Å². The minimum atomic E-state index is -0.623. The topological polar surface area (TPSA) is 64.2 Å². The Morgan fingerprint density at radius 1 is 1.16 bits per heavy atom. The summed E-state index contributed by atoms with van der Waals surface area (Å²) in [6, 6.07) is 6.80. The van der Waals surface area contributed by atoms with Crippen molar-refractivity contribution in [2.45, 2.75) is 37.8 Å². The molecule has 2 atom stereocenters. The Morgan fingerprint density at radius 3 is 2.78 bits per heavy atom. The van der Waals surface area contributed by atoms with Crippen LogP contribution in [0.15, 0.2) is 47.2 Å². The summed E-state index contributed by atoms with van der Waals surface area (Å²) in [5.41, 5.74) is 3.90. The van der Waals surface area contributed by atoms with Crippen LogP contribution >= 0.6 is 0 Å². The average Bonchev–Trinajstić information content (AvgIpc) is 3.35. The maximum atomic E-state index is 13.9. The SMILES string of the molecule is Cn1nc2c(c1-c1cc(F)cc(F)c1)C[C@@H]1CCC[C@H]2N1C(=O)c1cc2occc2cn1. The van der Waals surface area contributed by atoms with Crippen LogP contribution in [0.5, 0.6) is 0 Å². The number of hydrogen-bond donors (Lipinski definition) is 0. The lowest BCUT2D eigenvalue weighted by atomic mass is 9.81. The van der Waals surface area contributed by atoms with E-state index in [1.165, 1.54) is 12.1 Å². The molecule has 1 fully saturated rings. The minimum absolute atomic E-state index is 0.0239. The number of benzene rings is 1. The van der Waals surface area contributed by atoms with Gasteiger partial charge >= 0.3 is 0 Å². The van der Waals surface area contributed by atoms with Gasteiger partial charge in [-0.05, 0) is 43.9 Å². The van der Waals surface area contributed by atoms with E-state index in [-0.39, 0.29) is 18.0 Å². The standard InChI is InChI=1S/C24H20F2N4O2/c1-29-23(14-7-15(25)9-16(26)8-14)18-10-17-3-2-4-20(22(18)28-29)30(17)24(31)19-11-21-13(12-27-19)5-6-32-21/h5-9,11-12,17,20H,2-4,10H2,1H3/t17-,20+/m0/s1. The predicted octanol–water partition coefficient (Wildman–Crippen LogP) is 4.80. The fraction of sp³-hybridized carbons (Fsp3) is 0.292. The molecule has 0 saturated carbocycles. The lowest BCUT2D eigenvalue weighted by Gasteiger charge is -2.45. The van der Waals surface area contributed by atoms with Gasteiger partial charge in [0.05, 0.1) is 23.7 Å². The molecular formula is C24H20F2N4O2. The third kappa shape index (κ3) is 2.86. The molecule has 2 aliphatic rings. The third-order valence-corrected chi connectivity index (χ3v) is 6.60. The normalized spacial score (nSPS) is 19.9. The molecule has 1 amide bonds. The molecule has 0 aliphatic carbocycles. The van der Waals surface area contributed by atoms with Crippen molar-refractivity contribution in [3.63, 3.8) is 0 Å². The van der Waals surface area contributed by atoms with Gasteiger partial charge in [0, 0.05) is 47.9 Å². The van der Waals surface area contributed by atoms with Gasteiger partial charge < -0.3 is 9.32 Å². The number of carbonyl (C=O) groups is 1. The summed E-state index contributed by atoms with van der Waals surface area (Å²) in [5.74, 6) is -1.39. The molecule has 32 heavy (non-hydrogen) atoms. The van der Waals surface area contributed by atoms with E-state index < -0.39 is 11.6 Å². The maximum absolute atomic E-state index is 13.9. The second-order valence-electron chi connectivity index (χ2n) is 8.54. The van der Waals surface area contributed by atoms with Crippen molar-refractivity contribution < 1.29 is 18.0 Å². The first-order chi connectivity index (χ1) is 15.5. The molecule has 5 heterocycles. The van der Waals surface area contributed by atoms with E-state index in [4.69, 9.17) is 9.52 Å². The number of aryl methyl sites for hydroxylation is 1. The van der Waals surface area contributed by atoms with Crippen molar-refractivity contribution in [2.24, 2.45) is 7.05 Å². The first-order valence-corrected chi connectivity index (χ1v) is 10.7. The minimum Gasteiger partial charge on any atom is -0.464 e. The van der Waals surface area contributed by atoms with E-state index in [0.29, 0.717) is 29.0 Å². The highest BCUT2D eigenvalue weighted by atomic mass is 19.1. The number of fused-ring (bicyclic) bond motifs is 5. The number of piperidine rings is 1. The fourth-order valence-corrected chi connectivity index (χ4v) is 5.31. The van der Waals surface area contributed by atoms with Gasteiger partial charge in [0.25, 0.3) is 5.91 Å². The molecule has 4 aromatic rings. The summed E-state index contributed by atoms with van der Waals surface area (Å²) in [6.07, 6.45) is 6.44. The lowest BCUT2D eigenvalue weighted by molar-refractivity contribution is 0.0386. The molecule has 0 N–H and O–H groups in total. The molecule has 2 bridgehead atoms. The summed E-state index contributed by atoms with van der Waals surface area (Å²) >= 11 is 0. The number of furan rings is 1. The number of amides is 1. The molecule has 162 valence electrons. The van der Waals surface area contributed by atoms with Crippen LogP contribution in [0, 0.1) is 11.6 Å². The molecule has 3 aromatic heterocycles. The average molecular weight is 434 g/mol. The highest BCUT2D eigenvalue weighted by Crippen LogP contribution is 2.45. The summed E-state index contributed by atoms with van der Waals surface area (Å²) in [4.78, 5) is 19.8. The molecule has 6 nitrogen and oxygen atoms in total. The zero-order valence-corrected chi connectivity index (χ0v) is 17.4. The van der Waals surface area contributed by atoms with Gasteiger partial charge in [0.2, 0.25) is 0 Å². The molecule has 2 aliphatic heterocycles. The van der Waals surface area contributed by atoms with Gasteiger partial charge in [-0.15, -0.1) is 0 Å². The monoisotopic (exact) mass is 434 g/mol. The predicted molar refractivity (Wildman–Crippen MR) is 113 cm³/mol. The zero-order chi connectivity index (χ0) is 22.0. The van der Waals surface area contributed by atoms with Crippen molar-refractivity contribution in [3.8, 4) is 11.3 Å². The van der Waals surface area contributed by atoms with E-state index in [0.717, 1.165) is 42.0 Å². The summed E-state index contributed by atoms with van der Waals surface area (Å²) in [6.45, 7) is 0. The Balaban J connectivity index is 1.43. The van der Waals surface area contributed by atoms with Crippen LogP contribution in [0.25, 0.3) is 22.2 Å². The summed E-state index contributed by atoms with van der Waals surface area (Å²) < 4.78 is 35.0. The molecule has 8 heteroatoms. The highest BCUT2D eigenvalue weighted by Gasteiger charge is 2.44. The summed E-state index contributed by atoms with van der Waals surface area (Å²) in [7, 11) is 1.78. The van der Waals surface area contributed by atoms with Crippen LogP contribution in [-0.4, -0.2) is 31.6 Å². The Labute approximate surface area is 182 Å². The second-order valence-corrected chi connectivity index (χ2v) is 8.54. The van der Waals surface area contributed by atoms with Crippen LogP contribution in [-0.2, 0) is 13.5 Å². The summed E-state index contributed by atoms with van der Waals surface area (Å²) in [5, 5.41) is 5.56. The van der Waals surface area contributed by atoms with Crippen molar-refractivity contribution in [1.82, 2.24) is 19.7 Å². The molecule has 1 aromatic carbocycles. The first-order valence-electron chi connectivity index (χ1n) is 10.7. The fourth-order valence-electron chi connectivity index (χ4n) is 5.31. The van der Waals surface area contributed by atoms with Crippen LogP contribution in [0.1, 0.15) is 47.1 Å². The smallest absolute Gasteiger partial charge is 0.273 e. The molecular weight excluding hydrogens is 414 g/mol. The van der Waals surface area contributed by atoms with E-state index in [1.54, 1.807) is 30.3 Å². The molecule has 0 spiro atoms. The number of hydrogen-bond acceptors (Lipinski definition) is 4. The van der Waals surface area contributed by atoms with Crippen molar-refractivity contribution in [1.29, 1.82) is 0 Å². The van der Waals surface area contributed by atoms with Gasteiger partial charge in [-0.1, -0.05) is 0 Å². The van der Waals surface area contributed by atoms with E-state index in [2.05, 4.69) is 4.98 Å². The Morgan fingerprint density at radius 2 is 1.97 bits per heavy atom. The van der Waals surface area contributed by atoms with Crippen LogP contribution < -0.4 is 0 Å². The number of aromatic nitrogens is 3. The van der Waals surface area contributed by atoms with Crippen LogP contribution in [0.2, 0.25) is 0 Å². The van der Waals surface area contributed by atoms with Crippen molar-refractivity contribution >= 4 is 16.9 Å². The van der Waals surface area contributed by atoms with Gasteiger partial charge in [-0.2, -0.15) is 5.10 Å². The quantitative estimate of drug-likeness (QED) is 0.455. The molecule has 6 rings (SSSR count). The van der Waals surface area contributed by atoms with E-state index >= 15 is 0 Å². The third-order valence-electron chi connectivity index (χ3n) is 6.60. The largest absolute Gasteiger partial charge is 0.464 e. The number of pyridine rings is 1. The number of nitrogens with zero attached hydrogens (tertiary/aromatic N) is 4. The van der Waals surface area contributed by atoms with Gasteiger partial charge in [-0.25, -0.2) is 8.78 Å². The number of halogens is 2. The van der Waals surface area contributed by atoms with Gasteiger partial charge in [0.15, 0.2) is 0 Å². The second kappa shape index (κ2) is 6.98. The molecule has 1 saturated heterocycles. The lowest BCUT2D eigenvalue weighted by Crippen LogP contribution is -2.50. The maximum Gasteiger partial charge on any atom is 0.273 e. The Kier molecular flexibility index (Phi) is 4.18. The zero-order valence-electron chi connectivity index (χ0n) is 17.4. The van der Waals surface area contributed by atoms with Gasteiger partial charge in [-0.3, -0.25) is 14.5 Å². The van der Waals surface area contributed by atoms with Crippen LogP contribution in [0.4, 0.5) is 8.78 Å². The highest BCUT2D eigenvalue weighted by molar-refractivity contribution is 5.96. The van der Waals surface area contributed by atoms with E-state index in [9.17, 15) is 13.6 Å². The van der Waals surface area contributed by atoms with Crippen molar-refractivity contribution in [3.05, 3.63) is 71.4 Å². The first kappa shape index (κ1) is 19.2. The number of rotatable bonds is 2. The Bertz CT molecular complexity index is 1360. The number of carbonyl (C=O) groups excluding carboxylic acids is 1.